The molecule has 29 heteroatoms. The molecule has 6 atom stereocenters. The summed E-state index contributed by atoms with van der Waals surface area (Å²) in [6.07, 6.45) is 5.99. The number of carbonyl (C=O) groups is 2. The molecule has 4 aliphatic rings. The van der Waals surface area contributed by atoms with Crippen LogP contribution in [0.25, 0.3) is 0 Å². The number of nitrogens with two attached hydrogens (primary N) is 2. The summed E-state index contributed by atoms with van der Waals surface area (Å²) in [5.74, 6) is -6.46. The minimum absolute atomic E-state index is 0.0451. The van der Waals surface area contributed by atoms with Gasteiger partial charge in [0, 0.05) is 102 Å². The zero-order chi connectivity index (χ0) is 64.5. The second-order valence-corrected chi connectivity index (χ2v) is 28.5. The fourth-order valence-electron chi connectivity index (χ4n) is 11.8. The highest BCUT2D eigenvalue weighted by Gasteiger charge is 2.43. The van der Waals surface area contributed by atoms with Crippen LogP contribution < -0.4 is 36.3 Å². The van der Waals surface area contributed by atoms with Crippen LogP contribution in [0.15, 0.2) is 58.3 Å². The van der Waals surface area contributed by atoms with E-state index in [1.54, 1.807) is 24.3 Å². The van der Waals surface area contributed by atoms with E-state index in [2.05, 4.69) is 25.2 Å². The molecule has 7 N–H and O–H groups in total. The Kier molecular flexibility index (Phi) is 27.3. The van der Waals surface area contributed by atoms with Crippen LogP contribution in [0.2, 0.25) is 20.1 Å². The molecule has 4 aromatic rings. The van der Waals surface area contributed by atoms with E-state index >= 15 is 17.6 Å². The third-order valence-electron chi connectivity index (χ3n) is 16.2. The molecular formula is C61H79Cl4F4N7O12S2. The number of urea groups is 1. The van der Waals surface area contributed by atoms with E-state index in [1.807, 2.05) is 0 Å². The molecule has 0 unspecified atom stereocenters. The number of nitrogens with one attached hydrogen (secondary N) is 3. The third-order valence-corrected chi connectivity index (χ3v) is 20.6. The number of Topliss-reactive ketones (excluding diaryl/α,β-unsaturated/α-hetero) is 1. The normalized spacial score (nSPS) is 20.5. The number of piperidine rings is 2. The van der Waals surface area contributed by atoms with E-state index in [4.69, 9.17) is 86.3 Å². The molecule has 498 valence electrons. The number of nitrogens with zero attached hydrogens (tertiary/aromatic N) is 2. The van der Waals surface area contributed by atoms with Crippen LogP contribution in [0, 0.1) is 23.3 Å². The number of hydrogen-bond donors (Lipinski definition) is 5. The predicted molar refractivity (Wildman–Crippen MR) is 334 cm³/mol. The molecule has 0 bridgehead atoms. The number of sulfonamides is 1. The second-order valence-electron chi connectivity index (χ2n) is 22.9. The van der Waals surface area contributed by atoms with Crippen molar-refractivity contribution in [3.05, 3.63) is 114 Å². The fourth-order valence-corrected chi connectivity index (χ4v) is 15.3. The molecule has 0 saturated carbocycles. The van der Waals surface area contributed by atoms with Gasteiger partial charge in [0.05, 0.1) is 67.3 Å². The summed E-state index contributed by atoms with van der Waals surface area (Å²) in [6, 6.07) is 8.30. The summed E-state index contributed by atoms with van der Waals surface area (Å²) < 4.78 is 151. The van der Waals surface area contributed by atoms with Crippen LogP contribution in [0.5, 0.6) is 11.5 Å². The first kappa shape index (κ1) is 71.7. The van der Waals surface area contributed by atoms with Crippen LogP contribution >= 0.6 is 46.4 Å². The van der Waals surface area contributed by atoms with Gasteiger partial charge in [-0.15, -0.1) is 0 Å². The molecular weight excluding hydrogens is 1300 g/mol. The van der Waals surface area contributed by atoms with Crippen molar-refractivity contribution in [2.24, 2.45) is 11.5 Å². The average Bonchev–Trinajstić information content (AvgIpc) is 1.65. The van der Waals surface area contributed by atoms with Crippen LogP contribution in [-0.2, 0) is 56.4 Å². The van der Waals surface area contributed by atoms with Gasteiger partial charge in [0.25, 0.3) is 0 Å². The Morgan fingerprint density at radius 2 is 1.00 bits per heavy atom. The third kappa shape index (κ3) is 20.2. The number of likely N-dealkylation sites (tertiary alicyclic amines) is 2. The van der Waals surface area contributed by atoms with Crippen molar-refractivity contribution < 1.29 is 72.4 Å². The lowest BCUT2D eigenvalue weighted by atomic mass is 10.0. The molecule has 0 spiro atoms. The van der Waals surface area contributed by atoms with Crippen molar-refractivity contribution in [1.82, 2.24) is 25.2 Å². The van der Waals surface area contributed by atoms with Gasteiger partial charge in [-0.25, -0.2) is 43.9 Å². The summed E-state index contributed by atoms with van der Waals surface area (Å²) in [4.78, 5) is 27.7. The Bertz CT molecular complexity index is 3070. The van der Waals surface area contributed by atoms with E-state index in [0.29, 0.717) is 128 Å². The van der Waals surface area contributed by atoms with Gasteiger partial charge in [-0.1, -0.05) is 52.8 Å². The number of unbranched alkanes of at least 4 members (excludes halogenated alkanes) is 2. The van der Waals surface area contributed by atoms with Crippen molar-refractivity contribution >= 4 is 78.1 Å². The topological polar surface area (TPSA) is 252 Å². The van der Waals surface area contributed by atoms with E-state index in [1.165, 1.54) is 0 Å². The van der Waals surface area contributed by atoms with Gasteiger partial charge < -0.3 is 50.5 Å². The predicted octanol–water partition coefficient (Wildman–Crippen LogP) is 9.21. The van der Waals surface area contributed by atoms with Crippen molar-refractivity contribution in [1.29, 1.82) is 0 Å². The average molecular weight is 1380 g/mol. The lowest BCUT2D eigenvalue weighted by molar-refractivity contribution is -0.119. The molecule has 2 aliphatic heterocycles. The van der Waals surface area contributed by atoms with Gasteiger partial charge >= 0.3 is 6.03 Å². The molecule has 2 amide bonds. The standard InChI is InChI=1S/C61H79Cl4F4N7O12S2/c62-38-26-47-45(49(64)28-38)34-55(75-15-4-8-40(70)36-75)57(47)87-59-51(66)30-43(31-52(59)67)89(79,80)25-7-18-84-22-23-85-19-13-73-61(78)72-12-3-1-2-10-42(77)11-6-17-83-21-24-86-20-14-74-90(81,82)44-32-53(68)60(54(69)33-44)88-58-48-27-39(63)29-50(65)46(48)35-56(58)76-16-5-9-41(71)37-76/h26-33,40-41,55-58,74H,1-25,34-37,70-71H2,(H2,72,73,78)/t40-,41-,55+,56+,57+,58+/m1/s1. The highest BCUT2D eigenvalue weighted by atomic mass is 35.5. The summed E-state index contributed by atoms with van der Waals surface area (Å²) in [7, 11) is -8.43. The molecule has 2 heterocycles. The van der Waals surface area contributed by atoms with Gasteiger partial charge in [-0.05, 0) is 137 Å². The molecule has 2 saturated heterocycles. The molecule has 2 aliphatic carbocycles. The maximum Gasteiger partial charge on any atom is 0.314 e. The molecule has 8 rings (SSSR count). The summed E-state index contributed by atoms with van der Waals surface area (Å²) in [5, 5.41) is 6.96. The van der Waals surface area contributed by atoms with Crippen LogP contribution in [0.3, 0.4) is 0 Å². The zero-order valence-corrected chi connectivity index (χ0v) is 54.5. The van der Waals surface area contributed by atoms with Crippen molar-refractivity contribution in [3.8, 4) is 11.5 Å². The second kappa shape index (κ2) is 34.3. The Morgan fingerprint density at radius 1 is 0.544 bits per heavy atom. The maximum atomic E-state index is 15.6. The first-order chi connectivity index (χ1) is 43.1. The van der Waals surface area contributed by atoms with Gasteiger partial charge in [-0.2, -0.15) is 0 Å². The first-order valence-electron chi connectivity index (χ1n) is 30.4. The number of sulfone groups is 1. The minimum atomic E-state index is -4.34. The number of amides is 2. The van der Waals surface area contributed by atoms with Gasteiger partial charge in [0.1, 0.15) is 18.0 Å². The Morgan fingerprint density at radius 3 is 1.51 bits per heavy atom. The van der Waals surface area contributed by atoms with Gasteiger partial charge in [0.2, 0.25) is 10.0 Å². The Hall–Kier alpha value is -4.16. The molecule has 0 aromatic heterocycles. The summed E-state index contributed by atoms with van der Waals surface area (Å²) >= 11 is 25.7. The number of ketones is 1. The summed E-state index contributed by atoms with van der Waals surface area (Å²) in [5.41, 5.74) is 15.2. The number of rotatable bonds is 35. The first-order valence-corrected chi connectivity index (χ1v) is 35.1. The lowest BCUT2D eigenvalue weighted by Crippen LogP contribution is -2.49. The largest absolute Gasteiger partial charge is 0.478 e. The Balaban J connectivity index is 0.602. The highest BCUT2D eigenvalue weighted by Crippen LogP contribution is 2.46. The maximum absolute atomic E-state index is 15.6. The van der Waals surface area contributed by atoms with E-state index in [-0.39, 0.29) is 102 Å². The fraction of sp³-hybridized carbons (Fsp3) is 0.574. The van der Waals surface area contributed by atoms with E-state index in [0.717, 1.165) is 55.4 Å². The molecule has 4 aromatic carbocycles. The number of halogens is 8. The number of hydrogen-bond acceptors (Lipinski definition) is 16. The number of fused-ring (bicyclic) bond motifs is 2. The minimum Gasteiger partial charge on any atom is -0.478 e. The molecule has 0 radical (unpaired) electrons. The van der Waals surface area contributed by atoms with Crippen LogP contribution in [-0.4, -0.2) is 167 Å². The molecule has 19 nitrogen and oxygen atoms in total. The van der Waals surface area contributed by atoms with Crippen molar-refractivity contribution in [2.45, 2.75) is 130 Å². The monoisotopic (exact) mass is 1380 g/mol. The smallest absolute Gasteiger partial charge is 0.314 e. The van der Waals surface area contributed by atoms with E-state index < -0.39 is 82.4 Å². The van der Waals surface area contributed by atoms with Crippen molar-refractivity contribution in [3.63, 3.8) is 0 Å². The lowest BCUT2D eigenvalue weighted by Gasteiger charge is -2.38. The zero-order valence-electron chi connectivity index (χ0n) is 49.9. The van der Waals surface area contributed by atoms with E-state index in [9.17, 15) is 26.4 Å². The quantitative estimate of drug-likeness (QED) is 0.0213. The van der Waals surface area contributed by atoms with Crippen LogP contribution in [0.4, 0.5) is 22.4 Å². The number of ether oxygens (including phenoxy) is 6. The summed E-state index contributed by atoms with van der Waals surface area (Å²) in [6.45, 7) is 4.20. The molecule has 2 fully saturated rings. The van der Waals surface area contributed by atoms with Gasteiger partial charge in [-0.3, -0.25) is 14.6 Å². The van der Waals surface area contributed by atoms with Crippen molar-refractivity contribution in [2.75, 3.05) is 104 Å². The Labute approximate surface area is 543 Å². The number of carbonyl (C=O) groups excluding carboxylic acids is 2. The molecule has 90 heavy (non-hydrogen) atoms. The SMILES string of the molecule is N[C@@H]1CCCN([C@H]2Cc3c(Cl)cc(Cl)cc3[C@@H]2Oc2c(F)cc(S(=O)(=O)CCCOCCOCCNC(=O)NCCCCCC(=O)CCCOCCOCCNS(=O)(=O)c3cc(F)c(O[C@H]4c5cc(Cl)cc(Cl)c5C[C@@H]4N4CCC[C@@H](N)C4)c(F)c3)cc2F)C1. The highest BCUT2D eigenvalue weighted by molar-refractivity contribution is 7.91. The van der Waals surface area contributed by atoms with Crippen LogP contribution in [0.1, 0.15) is 105 Å². The number of benzene rings is 4. The van der Waals surface area contributed by atoms with Gasteiger partial charge in [0.15, 0.2) is 44.6 Å².